The van der Waals surface area contributed by atoms with Crippen LogP contribution in [0.2, 0.25) is 0 Å². The molecule has 0 unspecified atom stereocenters. The quantitative estimate of drug-likeness (QED) is 0.522. The molecule has 0 aromatic heterocycles. The SMILES string of the molecule is COC(=O)[C@@H](NS(=O)(=O)c1ccc(-c2ccc(N)cc2)cc1)[C@@H](C)O. The summed E-state index contributed by atoms with van der Waals surface area (Å²) < 4.78 is 31.5. The molecule has 0 aliphatic carbocycles. The predicted octanol–water partition coefficient (Wildman–Crippen LogP) is 1.14. The molecule has 2 rings (SSSR count). The van der Waals surface area contributed by atoms with Crippen molar-refractivity contribution in [1.82, 2.24) is 4.72 Å². The molecule has 0 fully saturated rings. The third kappa shape index (κ3) is 4.56. The molecule has 2 aromatic carbocycles. The van der Waals surface area contributed by atoms with Crippen LogP contribution < -0.4 is 10.5 Å². The van der Waals surface area contributed by atoms with Crippen molar-refractivity contribution in [3.05, 3.63) is 48.5 Å². The van der Waals surface area contributed by atoms with E-state index in [1.165, 1.54) is 19.1 Å². The topological polar surface area (TPSA) is 119 Å². The van der Waals surface area contributed by atoms with Crippen LogP contribution >= 0.6 is 0 Å². The summed E-state index contributed by atoms with van der Waals surface area (Å²) in [4.78, 5) is 11.6. The number of carbonyl (C=O) groups is 1. The minimum Gasteiger partial charge on any atom is -0.468 e. The molecule has 0 heterocycles. The van der Waals surface area contributed by atoms with E-state index in [9.17, 15) is 18.3 Å². The Kier molecular flexibility index (Phi) is 5.78. The molecule has 0 radical (unpaired) electrons. The predicted molar refractivity (Wildman–Crippen MR) is 94.1 cm³/mol. The summed E-state index contributed by atoms with van der Waals surface area (Å²) in [7, 11) is -2.88. The Morgan fingerprint density at radius 2 is 1.56 bits per heavy atom. The Morgan fingerprint density at radius 1 is 1.08 bits per heavy atom. The van der Waals surface area contributed by atoms with Crippen molar-refractivity contribution in [2.45, 2.75) is 24.0 Å². The van der Waals surface area contributed by atoms with Crippen LogP contribution in [0.15, 0.2) is 53.4 Å². The number of hydrogen-bond acceptors (Lipinski definition) is 6. The monoisotopic (exact) mass is 364 g/mol. The van der Waals surface area contributed by atoms with Gasteiger partial charge in [-0.3, -0.25) is 4.79 Å². The highest BCUT2D eigenvalue weighted by molar-refractivity contribution is 7.89. The van der Waals surface area contributed by atoms with Gasteiger partial charge < -0.3 is 15.6 Å². The number of rotatable bonds is 6. The lowest BCUT2D eigenvalue weighted by atomic mass is 10.1. The largest absolute Gasteiger partial charge is 0.468 e. The number of nitrogen functional groups attached to an aromatic ring is 1. The van der Waals surface area contributed by atoms with Crippen molar-refractivity contribution in [1.29, 1.82) is 0 Å². The Labute approximate surface area is 146 Å². The minimum atomic E-state index is -4.00. The van der Waals surface area contributed by atoms with Crippen molar-refractivity contribution < 1.29 is 23.1 Å². The molecule has 7 nitrogen and oxygen atoms in total. The number of anilines is 1. The standard InChI is InChI=1S/C17H20N2O5S/c1-11(20)16(17(21)24-2)19-25(22,23)15-9-5-13(6-10-15)12-3-7-14(18)8-4-12/h3-11,16,19-20H,18H2,1-2H3/t11-,16+/m1/s1. The van der Waals surface area contributed by atoms with Crippen molar-refractivity contribution in [2.24, 2.45) is 0 Å². The van der Waals surface area contributed by atoms with E-state index in [1.807, 2.05) is 12.1 Å². The zero-order chi connectivity index (χ0) is 18.6. The second-order valence-electron chi connectivity index (χ2n) is 5.51. The number of aliphatic hydroxyl groups is 1. The first-order chi connectivity index (χ1) is 11.7. The Bertz CT molecular complexity index is 830. The number of esters is 1. The molecule has 2 aromatic rings. The first-order valence-corrected chi connectivity index (χ1v) is 8.97. The fourth-order valence-corrected chi connectivity index (χ4v) is 3.47. The van der Waals surface area contributed by atoms with Gasteiger partial charge in [-0.1, -0.05) is 24.3 Å². The lowest BCUT2D eigenvalue weighted by molar-refractivity contribution is -0.145. The van der Waals surface area contributed by atoms with Crippen LogP contribution in [0.1, 0.15) is 6.92 Å². The Balaban J connectivity index is 2.25. The lowest BCUT2D eigenvalue weighted by Gasteiger charge is -2.19. The first kappa shape index (κ1) is 18.9. The van der Waals surface area contributed by atoms with Gasteiger partial charge in [0.15, 0.2) is 0 Å². The average molecular weight is 364 g/mol. The maximum Gasteiger partial charge on any atom is 0.326 e. The minimum absolute atomic E-state index is 0.0266. The number of methoxy groups -OCH3 is 1. The summed E-state index contributed by atoms with van der Waals surface area (Å²) in [5.74, 6) is -0.864. The van der Waals surface area contributed by atoms with Crippen molar-refractivity contribution in [2.75, 3.05) is 12.8 Å². The second kappa shape index (κ2) is 7.64. The smallest absolute Gasteiger partial charge is 0.326 e. The molecule has 8 heteroatoms. The number of aliphatic hydroxyl groups excluding tert-OH is 1. The first-order valence-electron chi connectivity index (χ1n) is 7.49. The third-order valence-corrected chi connectivity index (χ3v) is 5.09. The second-order valence-corrected chi connectivity index (χ2v) is 7.22. The van der Waals surface area contributed by atoms with Gasteiger partial charge in [-0.15, -0.1) is 0 Å². The summed E-state index contributed by atoms with van der Waals surface area (Å²) in [6, 6.07) is 11.9. The van der Waals surface area contributed by atoms with E-state index < -0.39 is 28.1 Å². The van der Waals surface area contributed by atoms with Gasteiger partial charge in [0, 0.05) is 5.69 Å². The number of hydrogen-bond donors (Lipinski definition) is 3. The van der Waals surface area contributed by atoms with Gasteiger partial charge in [-0.05, 0) is 42.3 Å². The lowest BCUT2D eigenvalue weighted by Crippen LogP contribution is -2.48. The highest BCUT2D eigenvalue weighted by Crippen LogP contribution is 2.22. The summed E-state index contributed by atoms with van der Waals surface area (Å²) in [5.41, 5.74) is 7.99. The molecule has 0 saturated carbocycles. The van der Waals surface area contributed by atoms with E-state index in [1.54, 1.807) is 24.3 Å². The van der Waals surface area contributed by atoms with Gasteiger partial charge in [0.05, 0.1) is 18.1 Å². The summed E-state index contributed by atoms with van der Waals surface area (Å²) >= 11 is 0. The number of benzene rings is 2. The van der Waals surface area contributed by atoms with E-state index in [-0.39, 0.29) is 4.90 Å². The van der Waals surface area contributed by atoms with Gasteiger partial charge in [-0.25, -0.2) is 8.42 Å². The van der Waals surface area contributed by atoms with Crippen LogP contribution in [0.25, 0.3) is 11.1 Å². The van der Waals surface area contributed by atoms with Gasteiger partial charge in [0.25, 0.3) is 0 Å². The highest BCUT2D eigenvalue weighted by atomic mass is 32.2. The summed E-state index contributed by atoms with van der Waals surface area (Å²) in [5, 5.41) is 9.60. The normalized spacial score (nSPS) is 13.9. The van der Waals surface area contributed by atoms with Gasteiger partial charge >= 0.3 is 5.97 Å². The molecule has 134 valence electrons. The van der Waals surface area contributed by atoms with E-state index in [0.29, 0.717) is 5.69 Å². The maximum atomic E-state index is 12.4. The van der Waals surface area contributed by atoms with Crippen LogP contribution in [0.4, 0.5) is 5.69 Å². The molecular formula is C17H20N2O5S. The number of sulfonamides is 1. The van der Waals surface area contributed by atoms with E-state index in [2.05, 4.69) is 9.46 Å². The number of nitrogens with two attached hydrogens (primary N) is 1. The fourth-order valence-electron chi connectivity index (χ4n) is 2.21. The maximum absolute atomic E-state index is 12.4. The van der Waals surface area contributed by atoms with Crippen LogP contribution in [0.3, 0.4) is 0 Å². The average Bonchev–Trinajstić information content (AvgIpc) is 2.59. The molecule has 0 amide bonds. The van der Waals surface area contributed by atoms with Crippen molar-refractivity contribution >= 4 is 21.7 Å². The fraction of sp³-hybridized carbons (Fsp3) is 0.235. The van der Waals surface area contributed by atoms with Crippen LogP contribution in [0, 0.1) is 0 Å². The molecule has 0 bridgehead atoms. The molecule has 0 spiro atoms. The zero-order valence-electron chi connectivity index (χ0n) is 13.8. The van der Waals surface area contributed by atoms with E-state index in [4.69, 9.17) is 5.73 Å². The number of carbonyl (C=O) groups excluding carboxylic acids is 1. The molecular weight excluding hydrogens is 344 g/mol. The van der Waals surface area contributed by atoms with Crippen LogP contribution in [-0.4, -0.2) is 38.7 Å². The zero-order valence-corrected chi connectivity index (χ0v) is 14.7. The Hall–Kier alpha value is -2.42. The van der Waals surface area contributed by atoms with E-state index in [0.717, 1.165) is 18.2 Å². The van der Waals surface area contributed by atoms with Crippen molar-refractivity contribution in [3.63, 3.8) is 0 Å². The van der Waals surface area contributed by atoms with Crippen LogP contribution in [-0.2, 0) is 19.6 Å². The molecule has 0 saturated heterocycles. The molecule has 2 atom stereocenters. The molecule has 25 heavy (non-hydrogen) atoms. The number of ether oxygens (including phenoxy) is 1. The number of nitrogens with one attached hydrogen (secondary N) is 1. The van der Waals surface area contributed by atoms with Gasteiger partial charge in [0.1, 0.15) is 6.04 Å². The summed E-state index contributed by atoms with van der Waals surface area (Å²) in [6.07, 6.45) is -1.24. The molecule has 0 aliphatic rings. The van der Waals surface area contributed by atoms with Gasteiger partial charge in [0.2, 0.25) is 10.0 Å². The summed E-state index contributed by atoms with van der Waals surface area (Å²) in [6.45, 7) is 1.30. The van der Waals surface area contributed by atoms with Crippen molar-refractivity contribution in [3.8, 4) is 11.1 Å². The molecule has 0 aliphatic heterocycles. The Morgan fingerprint density at radius 3 is 2.00 bits per heavy atom. The highest BCUT2D eigenvalue weighted by Gasteiger charge is 2.30. The van der Waals surface area contributed by atoms with Crippen LogP contribution in [0.5, 0.6) is 0 Å². The third-order valence-electron chi connectivity index (χ3n) is 3.63. The molecule has 4 N–H and O–H groups in total. The van der Waals surface area contributed by atoms with Gasteiger partial charge in [-0.2, -0.15) is 4.72 Å². The van der Waals surface area contributed by atoms with E-state index >= 15 is 0 Å².